The summed E-state index contributed by atoms with van der Waals surface area (Å²) >= 11 is 0. The van der Waals surface area contributed by atoms with Crippen molar-refractivity contribution in [3.8, 4) is 0 Å². The van der Waals surface area contributed by atoms with Crippen LogP contribution in [0.4, 0.5) is 0 Å². The minimum Gasteiger partial charge on any atom is -0.465 e. The molecule has 0 unspecified atom stereocenters. The largest absolute Gasteiger partial charge is 0.465 e. The van der Waals surface area contributed by atoms with Crippen molar-refractivity contribution in [1.82, 2.24) is 9.88 Å². The van der Waals surface area contributed by atoms with Crippen molar-refractivity contribution < 1.29 is 14.3 Å². The van der Waals surface area contributed by atoms with Crippen LogP contribution in [0.3, 0.4) is 0 Å². The number of nitrogens with two attached hydrogens (primary N) is 1. The van der Waals surface area contributed by atoms with Gasteiger partial charge in [0.25, 0.3) is 0 Å². The van der Waals surface area contributed by atoms with Gasteiger partial charge in [-0.2, -0.15) is 0 Å². The number of hydrogen-bond acceptors (Lipinski definition) is 5. The third kappa shape index (κ3) is 4.33. The Kier molecular flexibility index (Phi) is 5.44. The third-order valence-corrected chi connectivity index (χ3v) is 2.74. The number of aromatic nitrogens is 1. The van der Waals surface area contributed by atoms with Gasteiger partial charge in [-0.1, -0.05) is 0 Å². The Hall–Kier alpha value is -1.95. The van der Waals surface area contributed by atoms with E-state index in [1.54, 1.807) is 18.3 Å². The van der Waals surface area contributed by atoms with Gasteiger partial charge in [-0.05, 0) is 26.0 Å². The molecular formula is C13H19N3O3. The number of carbonyl (C=O) groups excluding carboxylic acids is 2. The molecule has 0 saturated carbocycles. The van der Waals surface area contributed by atoms with Crippen LogP contribution < -0.4 is 5.73 Å². The van der Waals surface area contributed by atoms with E-state index in [2.05, 4.69) is 4.98 Å². The maximum atomic E-state index is 11.6. The second-order valence-electron chi connectivity index (χ2n) is 4.45. The Morgan fingerprint density at radius 1 is 1.47 bits per heavy atom. The van der Waals surface area contributed by atoms with Crippen LogP contribution in [0.2, 0.25) is 0 Å². The molecule has 1 heterocycles. The predicted molar refractivity (Wildman–Crippen MR) is 70.3 cm³/mol. The van der Waals surface area contributed by atoms with E-state index in [1.165, 1.54) is 7.11 Å². The summed E-state index contributed by atoms with van der Waals surface area (Å²) in [6.07, 6.45) is 1.60. The minimum atomic E-state index is -0.439. The highest BCUT2D eigenvalue weighted by Gasteiger charge is 2.18. The molecule has 0 fully saturated rings. The van der Waals surface area contributed by atoms with Crippen molar-refractivity contribution in [2.45, 2.75) is 26.4 Å². The molecule has 0 aromatic carbocycles. The third-order valence-electron chi connectivity index (χ3n) is 2.74. The average molecular weight is 265 g/mol. The molecule has 0 aliphatic heterocycles. The van der Waals surface area contributed by atoms with Crippen LogP contribution in [0.25, 0.3) is 0 Å². The van der Waals surface area contributed by atoms with E-state index in [0.29, 0.717) is 17.8 Å². The summed E-state index contributed by atoms with van der Waals surface area (Å²) in [7, 11) is 1.32. The number of carbonyl (C=O) groups is 2. The summed E-state index contributed by atoms with van der Waals surface area (Å²) in [5.41, 5.74) is 6.19. The molecule has 0 atom stereocenters. The van der Waals surface area contributed by atoms with Gasteiger partial charge in [-0.3, -0.25) is 14.7 Å². The number of rotatable bonds is 6. The Morgan fingerprint density at radius 2 is 2.16 bits per heavy atom. The number of methoxy groups -OCH3 is 1. The Bertz CT molecular complexity index is 460. The Morgan fingerprint density at radius 3 is 2.68 bits per heavy atom. The highest BCUT2D eigenvalue weighted by Crippen LogP contribution is 2.12. The molecule has 104 valence electrons. The topological polar surface area (TPSA) is 85.5 Å². The molecule has 0 radical (unpaired) electrons. The monoisotopic (exact) mass is 265 g/mol. The van der Waals surface area contributed by atoms with Gasteiger partial charge in [-0.25, -0.2) is 4.79 Å². The van der Waals surface area contributed by atoms with Crippen LogP contribution in [0.5, 0.6) is 0 Å². The summed E-state index contributed by atoms with van der Waals surface area (Å²) in [6, 6.07) is 3.43. The first-order valence-corrected chi connectivity index (χ1v) is 6.00. The molecule has 1 aromatic heterocycles. The fraction of sp³-hybridized carbons (Fsp3) is 0.462. The molecule has 6 heteroatoms. The van der Waals surface area contributed by atoms with Crippen LogP contribution in [0.1, 0.15) is 29.9 Å². The molecule has 0 spiro atoms. The van der Waals surface area contributed by atoms with E-state index in [9.17, 15) is 9.59 Å². The van der Waals surface area contributed by atoms with Gasteiger partial charge in [0.1, 0.15) is 0 Å². The van der Waals surface area contributed by atoms with Crippen LogP contribution in [0.15, 0.2) is 18.3 Å². The number of ether oxygens (including phenoxy) is 1. The number of hydrogen-bond donors (Lipinski definition) is 1. The van der Waals surface area contributed by atoms with Crippen molar-refractivity contribution in [2.75, 3.05) is 13.7 Å². The van der Waals surface area contributed by atoms with E-state index in [0.717, 1.165) is 0 Å². The van der Waals surface area contributed by atoms with E-state index < -0.39 is 11.9 Å². The first-order valence-electron chi connectivity index (χ1n) is 6.00. The lowest BCUT2D eigenvalue weighted by Crippen LogP contribution is -2.38. The molecule has 1 aromatic rings. The normalized spacial score (nSPS) is 10.8. The SMILES string of the molecule is COC(=O)c1cccnc1CN(CC(N)=O)C(C)C. The van der Waals surface area contributed by atoms with Crippen LogP contribution in [0, 0.1) is 0 Å². The van der Waals surface area contributed by atoms with Gasteiger partial charge < -0.3 is 10.5 Å². The summed E-state index contributed by atoms with van der Waals surface area (Å²) < 4.78 is 4.71. The fourth-order valence-electron chi connectivity index (χ4n) is 1.67. The van der Waals surface area contributed by atoms with Crippen LogP contribution >= 0.6 is 0 Å². The maximum Gasteiger partial charge on any atom is 0.339 e. The Labute approximate surface area is 112 Å². The van der Waals surface area contributed by atoms with Crippen LogP contribution in [-0.4, -0.2) is 41.5 Å². The van der Waals surface area contributed by atoms with Crippen LogP contribution in [-0.2, 0) is 16.1 Å². The number of pyridine rings is 1. The van der Waals surface area contributed by atoms with Gasteiger partial charge in [0.2, 0.25) is 5.91 Å². The highest BCUT2D eigenvalue weighted by molar-refractivity contribution is 5.90. The van der Waals surface area contributed by atoms with E-state index in [1.807, 2.05) is 18.7 Å². The summed E-state index contributed by atoms with van der Waals surface area (Å²) in [5, 5.41) is 0. The van der Waals surface area contributed by atoms with E-state index in [-0.39, 0.29) is 12.6 Å². The number of amides is 1. The number of nitrogens with zero attached hydrogens (tertiary/aromatic N) is 2. The molecule has 19 heavy (non-hydrogen) atoms. The summed E-state index contributed by atoms with van der Waals surface area (Å²) in [5.74, 6) is -0.852. The van der Waals surface area contributed by atoms with Gasteiger partial charge in [-0.15, -0.1) is 0 Å². The molecule has 1 rings (SSSR count). The van der Waals surface area contributed by atoms with Crippen molar-refractivity contribution in [1.29, 1.82) is 0 Å². The Balaban J connectivity index is 2.96. The van der Waals surface area contributed by atoms with Gasteiger partial charge >= 0.3 is 5.97 Å². The first-order chi connectivity index (χ1) is 8.95. The lowest BCUT2D eigenvalue weighted by Gasteiger charge is -2.25. The average Bonchev–Trinajstić information content (AvgIpc) is 2.37. The summed E-state index contributed by atoms with van der Waals surface area (Å²) in [6.45, 7) is 4.38. The quantitative estimate of drug-likeness (QED) is 0.760. The van der Waals surface area contributed by atoms with Crippen molar-refractivity contribution in [3.63, 3.8) is 0 Å². The molecule has 0 saturated heterocycles. The molecule has 0 bridgehead atoms. The van der Waals surface area contributed by atoms with Gasteiger partial charge in [0.15, 0.2) is 0 Å². The number of esters is 1. The lowest BCUT2D eigenvalue weighted by atomic mass is 10.1. The van der Waals surface area contributed by atoms with E-state index >= 15 is 0 Å². The van der Waals surface area contributed by atoms with Gasteiger partial charge in [0, 0.05) is 18.8 Å². The maximum absolute atomic E-state index is 11.6. The highest BCUT2D eigenvalue weighted by atomic mass is 16.5. The molecular weight excluding hydrogens is 246 g/mol. The molecule has 1 amide bonds. The van der Waals surface area contributed by atoms with E-state index in [4.69, 9.17) is 10.5 Å². The van der Waals surface area contributed by atoms with Crippen molar-refractivity contribution in [3.05, 3.63) is 29.6 Å². The van der Waals surface area contributed by atoms with Crippen molar-refractivity contribution in [2.24, 2.45) is 5.73 Å². The lowest BCUT2D eigenvalue weighted by molar-refractivity contribution is -0.119. The second kappa shape index (κ2) is 6.84. The molecule has 0 aliphatic rings. The zero-order valence-corrected chi connectivity index (χ0v) is 11.4. The number of primary amides is 1. The minimum absolute atomic E-state index is 0.111. The molecule has 6 nitrogen and oxygen atoms in total. The predicted octanol–water partition coefficient (Wildman–Crippen LogP) is 0.564. The summed E-state index contributed by atoms with van der Waals surface area (Å²) in [4.78, 5) is 28.7. The van der Waals surface area contributed by atoms with Gasteiger partial charge in [0.05, 0.1) is 24.9 Å². The zero-order chi connectivity index (χ0) is 14.4. The second-order valence-corrected chi connectivity index (χ2v) is 4.45. The fourth-order valence-corrected chi connectivity index (χ4v) is 1.67. The zero-order valence-electron chi connectivity index (χ0n) is 11.4. The first kappa shape index (κ1) is 15.1. The smallest absolute Gasteiger partial charge is 0.339 e. The standard InChI is InChI=1S/C13H19N3O3/c1-9(2)16(8-12(14)17)7-11-10(13(18)19-3)5-4-6-15-11/h4-6,9H,7-8H2,1-3H3,(H2,14,17). The molecule has 0 aliphatic carbocycles. The van der Waals surface area contributed by atoms with Crippen molar-refractivity contribution >= 4 is 11.9 Å². The molecule has 2 N–H and O–H groups in total.